The number of halogens is 2. The zero-order valence-corrected chi connectivity index (χ0v) is 14.9. The number of allylic oxidation sites excluding steroid dienone is 10. The van der Waals surface area contributed by atoms with E-state index in [-0.39, 0.29) is 0 Å². The van der Waals surface area contributed by atoms with Crippen LogP contribution >= 0.6 is 17.0 Å². The normalized spacial score (nSPS) is 18.6. The summed E-state index contributed by atoms with van der Waals surface area (Å²) < 4.78 is 2.61. The van der Waals surface area contributed by atoms with Crippen LogP contribution in [0.25, 0.3) is 0 Å². The van der Waals surface area contributed by atoms with Crippen molar-refractivity contribution in [2.24, 2.45) is 0 Å². The molecule has 0 aromatic heterocycles. The van der Waals surface area contributed by atoms with Gasteiger partial charge >= 0.3 is 128 Å². The molecule has 100 valence electrons. The summed E-state index contributed by atoms with van der Waals surface area (Å²) in [5.41, 5.74) is 2.57. The fourth-order valence-electron chi connectivity index (χ4n) is 2.64. The molecule has 0 amide bonds. The van der Waals surface area contributed by atoms with E-state index in [1.165, 1.54) is 17.7 Å². The number of hydrogen-bond donors (Lipinski definition) is 0. The van der Waals surface area contributed by atoms with Crippen molar-refractivity contribution in [1.29, 1.82) is 0 Å². The molecule has 0 spiro atoms. The molecule has 0 bridgehead atoms. The second-order valence-corrected chi connectivity index (χ2v) is 18.4. The molecule has 0 aromatic rings. The Balaban J connectivity index is 2.37. The molecule has 2 aliphatic rings. The molecule has 0 radical (unpaired) electrons. The number of hydrogen-bond acceptors (Lipinski definition) is 0. The van der Waals surface area contributed by atoms with E-state index in [0.29, 0.717) is 0 Å². The van der Waals surface area contributed by atoms with Gasteiger partial charge in [-0.2, -0.15) is 0 Å². The summed E-state index contributed by atoms with van der Waals surface area (Å²) in [6, 6.07) is 0. The zero-order valence-electron chi connectivity index (χ0n) is 11.0. The Labute approximate surface area is 127 Å². The molecule has 0 aliphatic heterocycles. The maximum absolute atomic E-state index is 6.92. The van der Waals surface area contributed by atoms with Crippen LogP contribution in [0.2, 0.25) is 0 Å². The first-order chi connectivity index (χ1) is 9.11. The maximum atomic E-state index is 6.92. The molecule has 3 heteroatoms. The topological polar surface area (TPSA) is 0 Å². The Morgan fingerprint density at radius 3 is 1.74 bits per heavy atom. The molecule has 0 unspecified atom stereocenters. The molecular formula is C16H18Cl2Zr. The van der Waals surface area contributed by atoms with Gasteiger partial charge in [0.15, 0.2) is 0 Å². The molecule has 0 fully saturated rings. The second kappa shape index (κ2) is 6.57. The molecule has 2 aliphatic carbocycles. The van der Waals surface area contributed by atoms with Crippen LogP contribution < -0.4 is 0 Å². The van der Waals surface area contributed by atoms with Crippen LogP contribution in [0, 0.1) is 0 Å². The van der Waals surface area contributed by atoms with E-state index in [4.69, 9.17) is 17.0 Å². The average molecular weight is 372 g/mol. The third-order valence-corrected chi connectivity index (χ3v) is 15.3. The Morgan fingerprint density at radius 1 is 0.947 bits per heavy atom. The second-order valence-electron chi connectivity index (χ2n) is 4.78. The predicted molar refractivity (Wildman–Crippen MR) is 82.9 cm³/mol. The van der Waals surface area contributed by atoms with Gasteiger partial charge in [-0.25, -0.2) is 0 Å². The Hall–Kier alpha value is -0.0969. The first-order valence-corrected chi connectivity index (χ1v) is 15.3. The van der Waals surface area contributed by atoms with Crippen molar-refractivity contribution in [2.45, 2.75) is 25.7 Å². The van der Waals surface area contributed by atoms with Gasteiger partial charge in [-0.15, -0.1) is 0 Å². The van der Waals surface area contributed by atoms with Gasteiger partial charge < -0.3 is 0 Å². The monoisotopic (exact) mass is 370 g/mol. The quantitative estimate of drug-likeness (QED) is 0.500. The number of rotatable bonds is 6. The van der Waals surface area contributed by atoms with Gasteiger partial charge in [-0.3, -0.25) is 0 Å². The van der Waals surface area contributed by atoms with Gasteiger partial charge in [0.1, 0.15) is 0 Å². The van der Waals surface area contributed by atoms with E-state index in [2.05, 4.69) is 37.5 Å². The Kier molecular flexibility index (Phi) is 5.29. The van der Waals surface area contributed by atoms with E-state index >= 15 is 0 Å². The standard InChI is InChI=1S/2C8H9.2ClH.Zr/c2*1-2-5-8-6-3-4-7-8;;;/h2*2-3,6H,1,4-5H2;2*1H;/q;;;;+2/p-2. The fraction of sp³-hybridized carbons (Fsp3) is 0.250. The van der Waals surface area contributed by atoms with Gasteiger partial charge in [0.2, 0.25) is 0 Å². The van der Waals surface area contributed by atoms with Gasteiger partial charge in [0.25, 0.3) is 0 Å². The van der Waals surface area contributed by atoms with Crippen LogP contribution in [0.4, 0.5) is 0 Å². The molecule has 0 heterocycles. The predicted octanol–water partition coefficient (Wildman–Crippen LogP) is 6.03. The first-order valence-electron chi connectivity index (χ1n) is 6.49. The van der Waals surface area contributed by atoms with Crippen LogP contribution in [0.1, 0.15) is 25.7 Å². The van der Waals surface area contributed by atoms with E-state index in [1.807, 2.05) is 12.2 Å². The van der Waals surface area contributed by atoms with Crippen molar-refractivity contribution in [2.75, 3.05) is 0 Å². The minimum absolute atomic E-state index is 0.863. The molecule has 0 saturated heterocycles. The minimum atomic E-state index is -3.40. The summed E-state index contributed by atoms with van der Waals surface area (Å²) in [5, 5.41) is 0. The van der Waals surface area contributed by atoms with Crippen molar-refractivity contribution < 1.29 is 17.9 Å². The van der Waals surface area contributed by atoms with Gasteiger partial charge in [0, 0.05) is 0 Å². The van der Waals surface area contributed by atoms with E-state index in [0.717, 1.165) is 25.7 Å². The molecular weight excluding hydrogens is 354 g/mol. The van der Waals surface area contributed by atoms with Crippen molar-refractivity contribution in [3.8, 4) is 0 Å². The van der Waals surface area contributed by atoms with E-state index < -0.39 is 17.9 Å². The van der Waals surface area contributed by atoms with Crippen molar-refractivity contribution >= 4 is 17.0 Å². The summed E-state index contributed by atoms with van der Waals surface area (Å²) in [6.07, 6.45) is 16.0. The third-order valence-electron chi connectivity index (χ3n) is 3.54. The van der Waals surface area contributed by atoms with Gasteiger partial charge in [0.05, 0.1) is 0 Å². The fourth-order valence-corrected chi connectivity index (χ4v) is 13.0. The Bertz CT molecular complexity index is 473. The molecule has 0 N–H and O–H groups in total. The molecule has 0 saturated carbocycles. The molecule has 19 heavy (non-hydrogen) atoms. The van der Waals surface area contributed by atoms with Crippen LogP contribution in [-0.2, 0) is 17.9 Å². The average Bonchev–Trinajstić information content (AvgIpc) is 2.99. The van der Waals surface area contributed by atoms with E-state index in [1.54, 1.807) is 0 Å². The van der Waals surface area contributed by atoms with Crippen LogP contribution in [0.5, 0.6) is 0 Å². The zero-order chi connectivity index (χ0) is 13.9. The summed E-state index contributed by atoms with van der Waals surface area (Å²) in [6.45, 7) is 7.63. The SMILES string of the molecule is C=CCC1=[C]([Zr]([Cl])([Cl])[C]2=C(CC=C)C=CC2)CC=C1. The molecule has 2 rings (SSSR count). The summed E-state index contributed by atoms with van der Waals surface area (Å²) in [7, 11) is 13.8. The van der Waals surface area contributed by atoms with Gasteiger partial charge in [-0.05, 0) is 0 Å². The van der Waals surface area contributed by atoms with E-state index in [9.17, 15) is 0 Å². The van der Waals surface area contributed by atoms with Crippen LogP contribution in [0.3, 0.4) is 0 Å². The molecule has 0 aromatic carbocycles. The Morgan fingerprint density at radius 2 is 1.37 bits per heavy atom. The van der Waals surface area contributed by atoms with Crippen molar-refractivity contribution in [3.63, 3.8) is 0 Å². The van der Waals surface area contributed by atoms with Gasteiger partial charge in [-0.1, -0.05) is 0 Å². The van der Waals surface area contributed by atoms with Crippen molar-refractivity contribution in [3.05, 3.63) is 67.3 Å². The summed E-state index contributed by atoms with van der Waals surface area (Å²) >= 11 is -3.40. The first kappa shape index (κ1) is 15.3. The molecule has 0 atom stereocenters. The van der Waals surface area contributed by atoms with Crippen molar-refractivity contribution in [1.82, 2.24) is 0 Å². The summed E-state index contributed by atoms with van der Waals surface area (Å²) in [5.74, 6) is 0. The summed E-state index contributed by atoms with van der Waals surface area (Å²) in [4.78, 5) is 0. The third kappa shape index (κ3) is 3.15. The van der Waals surface area contributed by atoms with Crippen LogP contribution in [-0.4, -0.2) is 0 Å². The molecule has 0 nitrogen and oxygen atoms in total. The van der Waals surface area contributed by atoms with Crippen LogP contribution in [0.15, 0.2) is 67.3 Å².